The number of aliphatic carboxylic acids is 1. The molecule has 0 radical (unpaired) electrons. The van der Waals surface area contributed by atoms with Crippen LogP contribution in [-0.4, -0.2) is 21.0 Å². The Morgan fingerprint density at radius 3 is 2.94 bits per heavy atom. The summed E-state index contributed by atoms with van der Waals surface area (Å²) in [4.78, 5) is 18.2. The fourth-order valence-corrected chi connectivity index (χ4v) is 2.14. The van der Waals surface area contributed by atoms with Crippen molar-refractivity contribution in [3.05, 3.63) is 40.1 Å². The molecule has 0 saturated carbocycles. The number of imidazole rings is 1. The second-order valence-corrected chi connectivity index (χ2v) is 4.98. The summed E-state index contributed by atoms with van der Waals surface area (Å²) in [6.45, 7) is 1.91. The van der Waals surface area contributed by atoms with Crippen molar-refractivity contribution >= 4 is 21.9 Å². The van der Waals surface area contributed by atoms with Gasteiger partial charge in [-0.05, 0) is 19.1 Å². The lowest BCUT2D eigenvalue weighted by molar-refractivity contribution is -0.136. The molecule has 2 aromatic rings. The van der Waals surface area contributed by atoms with E-state index in [4.69, 9.17) is 5.11 Å². The third kappa shape index (κ3) is 2.98. The molecule has 1 aromatic carbocycles. The molecule has 0 unspecified atom stereocenters. The number of carbonyl (C=O) groups is 1. The molecule has 1 aromatic heterocycles. The summed E-state index contributed by atoms with van der Waals surface area (Å²) < 4.78 is 0.987. The highest BCUT2D eigenvalue weighted by Gasteiger charge is 2.10. The zero-order valence-corrected chi connectivity index (χ0v) is 11.5. The average Bonchev–Trinajstić information content (AvgIpc) is 2.68. The maximum Gasteiger partial charge on any atom is 0.303 e. The van der Waals surface area contributed by atoms with E-state index in [2.05, 4.69) is 25.9 Å². The lowest BCUT2D eigenvalue weighted by atomic mass is 10.2. The number of benzene rings is 1. The monoisotopic (exact) mass is 308 g/mol. The number of rotatable bonds is 4. The average molecular weight is 309 g/mol. The van der Waals surface area contributed by atoms with E-state index in [0.29, 0.717) is 6.42 Å². The summed E-state index contributed by atoms with van der Waals surface area (Å²) in [5.74, 6) is -0.0319. The zero-order chi connectivity index (χ0) is 13.1. The second-order valence-electron chi connectivity index (χ2n) is 4.06. The summed E-state index contributed by atoms with van der Waals surface area (Å²) in [5.41, 5.74) is 2.72. The number of carboxylic acid groups (broad SMARTS) is 1. The first kappa shape index (κ1) is 12.8. The van der Waals surface area contributed by atoms with E-state index in [1.54, 1.807) is 0 Å². The van der Waals surface area contributed by atoms with Crippen LogP contribution in [0.15, 0.2) is 28.7 Å². The van der Waals surface area contributed by atoms with Gasteiger partial charge in [-0.2, -0.15) is 0 Å². The Labute approximate surface area is 113 Å². The summed E-state index contributed by atoms with van der Waals surface area (Å²) in [7, 11) is 0. The van der Waals surface area contributed by atoms with Gasteiger partial charge in [-0.25, -0.2) is 4.98 Å². The van der Waals surface area contributed by atoms with Gasteiger partial charge in [0.25, 0.3) is 0 Å². The summed E-state index contributed by atoms with van der Waals surface area (Å²) in [5, 5.41) is 8.68. The molecule has 5 heteroatoms. The molecule has 18 heavy (non-hydrogen) atoms. The Balaban J connectivity index is 2.25. The minimum Gasteiger partial charge on any atom is -0.481 e. The van der Waals surface area contributed by atoms with E-state index in [9.17, 15) is 4.79 Å². The Bertz CT molecular complexity index is 578. The van der Waals surface area contributed by atoms with Crippen molar-refractivity contribution in [1.82, 2.24) is 9.97 Å². The molecule has 0 spiro atoms. The normalized spacial score (nSPS) is 10.6. The maximum absolute atomic E-state index is 10.6. The number of hydrogen-bond donors (Lipinski definition) is 2. The molecule has 1 heterocycles. The van der Waals surface area contributed by atoms with E-state index in [-0.39, 0.29) is 6.42 Å². The third-order valence-electron chi connectivity index (χ3n) is 2.66. The number of aryl methyl sites for hydroxylation is 2. The number of hydrogen-bond acceptors (Lipinski definition) is 2. The first-order valence-corrected chi connectivity index (χ1v) is 6.39. The molecule has 2 N–H and O–H groups in total. The van der Waals surface area contributed by atoms with Gasteiger partial charge in [-0.3, -0.25) is 4.79 Å². The molecule has 0 atom stereocenters. The Kier molecular flexibility index (Phi) is 3.81. The Morgan fingerprint density at radius 2 is 2.28 bits per heavy atom. The van der Waals surface area contributed by atoms with Gasteiger partial charge < -0.3 is 10.1 Å². The van der Waals surface area contributed by atoms with Crippen LogP contribution in [0, 0.1) is 6.92 Å². The minimum absolute atomic E-state index is 0.101. The number of halogens is 1. The number of aromatic amines is 1. The number of carboxylic acids is 1. The van der Waals surface area contributed by atoms with Gasteiger partial charge in [0, 0.05) is 22.2 Å². The topological polar surface area (TPSA) is 66.0 Å². The van der Waals surface area contributed by atoms with E-state index < -0.39 is 5.97 Å². The lowest BCUT2D eigenvalue weighted by Crippen LogP contribution is -1.98. The van der Waals surface area contributed by atoms with Crippen LogP contribution in [0.2, 0.25) is 0 Å². The molecule has 2 rings (SSSR count). The molecule has 0 aliphatic carbocycles. The van der Waals surface area contributed by atoms with Gasteiger partial charge in [0.05, 0.1) is 12.1 Å². The van der Waals surface area contributed by atoms with Crippen molar-refractivity contribution in [2.45, 2.75) is 19.8 Å². The van der Waals surface area contributed by atoms with Crippen molar-refractivity contribution in [3.8, 4) is 11.4 Å². The van der Waals surface area contributed by atoms with Crippen LogP contribution >= 0.6 is 15.9 Å². The quantitative estimate of drug-likeness (QED) is 0.911. The van der Waals surface area contributed by atoms with Gasteiger partial charge in [0.15, 0.2) is 0 Å². The van der Waals surface area contributed by atoms with Gasteiger partial charge in [0.1, 0.15) is 5.82 Å². The standard InChI is InChI=1S/C13H13BrN2O2/c1-8-11(5-6-12(17)18)16-13(15-8)9-3-2-4-10(14)7-9/h2-4,7H,5-6H2,1H3,(H,15,16)(H,17,18). The van der Waals surface area contributed by atoms with Crippen molar-refractivity contribution in [2.75, 3.05) is 0 Å². The van der Waals surface area contributed by atoms with E-state index in [1.807, 2.05) is 31.2 Å². The molecule has 4 nitrogen and oxygen atoms in total. The van der Waals surface area contributed by atoms with Crippen molar-refractivity contribution in [2.24, 2.45) is 0 Å². The lowest BCUT2D eigenvalue weighted by Gasteiger charge is -1.96. The fourth-order valence-electron chi connectivity index (χ4n) is 1.74. The van der Waals surface area contributed by atoms with Gasteiger partial charge in [-0.15, -0.1) is 0 Å². The number of nitrogens with one attached hydrogen (secondary N) is 1. The fraction of sp³-hybridized carbons (Fsp3) is 0.231. The first-order valence-electron chi connectivity index (χ1n) is 5.59. The molecule has 0 aliphatic heterocycles. The molecule has 0 saturated heterocycles. The third-order valence-corrected chi connectivity index (χ3v) is 3.15. The van der Waals surface area contributed by atoms with E-state index >= 15 is 0 Å². The predicted molar refractivity (Wildman–Crippen MR) is 72.4 cm³/mol. The zero-order valence-electron chi connectivity index (χ0n) is 9.90. The van der Waals surface area contributed by atoms with Crippen LogP contribution in [0.25, 0.3) is 11.4 Å². The van der Waals surface area contributed by atoms with E-state index in [0.717, 1.165) is 27.2 Å². The van der Waals surface area contributed by atoms with Crippen LogP contribution < -0.4 is 0 Å². The maximum atomic E-state index is 10.6. The Morgan fingerprint density at radius 1 is 1.50 bits per heavy atom. The van der Waals surface area contributed by atoms with Crippen molar-refractivity contribution < 1.29 is 9.90 Å². The molecule has 0 amide bonds. The highest BCUT2D eigenvalue weighted by atomic mass is 79.9. The minimum atomic E-state index is -0.804. The van der Waals surface area contributed by atoms with Crippen LogP contribution in [0.3, 0.4) is 0 Å². The smallest absolute Gasteiger partial charge is 0.303 e. The predicted octanol–water partition coefficient (Wildman–Crippen LogP) is 3.16. The van der Waals surface area contributed by atoms with Gasteiger partial charge in [-0.1, -0.05) is 28.1 Å². The molecule has 0 fully saturated rings. The molecular formula is C13H13BrN2O2. The molecule has 94 valence electrons. The SMILES string of the molecule is Cc1[nH]c(-c2cccc(Br)c2)nc1CCC(=O)O. The summed E-state index contributed by atoms with van der Waals surface area (Å²) in [6, 6.07) is 7.82. The number of aromatic nitrogens is 2. The second kappa shape index (κ2) is 5.35. The largest absolute Gasteiger partial charge is 0.481 e. The highest BCUT2D eigenvalue weighted by molar-refractivity contribution is 9.10. The highest BCUT2D eigenvalue weighted by Crippen LogP contribution is 2.22. The van der Waals surface area contributed by atoms with Gasteiger partial charge in [0.2, 0.25) is 0 Å². The van der Waals surface area contributed by atoms with Crippen molar-refractivity contribution in [3.63, 3.8) is 0 Å². The number of nitrogens with zero attached hydrogens (tertiary/aromatic N) is 1. The van der Waals surface area contributed by atoms with E-state index in [1.165, 1.54) is 0 Å². The first-order chi connectivity index (χ1) is 8.56. The van der Waals surface area contributed by atoms with Gasteiger partial charge >= 0.3 is 5.97 Å². The molecule has 0 bridgehead atoms. The van der Waals surface area contributed by atoms with Crippen LogP contribution in [0.1, 0.15) is 17.8 Å². The van der Waals surface area contributed by atoms with Crippen LogP contribution in [0.4, 0.5) is 0 Å². The summed E-state index contributed by atoms with van der Waals surface area (Å²) >= 11 is 3.42. The van der Waals surface area contributed by atoms with Crippen molar-refractivity contribution in [1.29, 1.82) is 0 Å². The number of H-pyrrole nitrogens is 1. The molecule has 0 aliphatic rings. The molecular weight excluding hydrogens is 296 g/mol. The van der Waals surface area contributed by atoms with Crippen LogP contribution in [-0.2, 0) is 11.2 Å². The Hall–Kier alpha value is -1.62. The summed E-state index contributed by atoms with van der Waals surface area (Å²) in [6.07, 6.45) is 0.551. The van der Waals surface area contributed by atoms with Crippen LogP contribution in [0.5, 0.6) is 0 Å².